The van der Waals surface area contributed by atoms with Crippen molar-refractivity contribution < 1.29 is 9.59 Å². The molecule has 1 heterocycles. The normalized spacial score (nSPS) is 17.7. The van der Waals surface area contributed by atoms with E-state index in [1.54, 1.807) is 11.4 Å². The Bertz CT molecular complexity index is 461. The lowest BCUT2D eigenvalue weighted by molar-refractivity contribution is 0.0907. The van der Waals surface area contributed by atoms with Crippen molar-refractivity contribution in [3.05, 3.63) is 21.9 Å². The van der Waals surface area contributed by atoms with E-state index < -0.39 is 0 Å². The molecule has 1 aliphatic carbocycles. The van der Waals surface area contributed by atoms with Gasteiger partial charge in [0.05, 0.1) is 10.4 Å². The van der Waals surface area contributed by atoms with Crippen molar-refractivity contribution in [1.82, 2.24) is 5.32 Å². The first-order chi connectivity index (χ1) is 8.56. The molecule has 1 saturated carbocycles. The molecular weight excluding hydrogens is 248 g/mol. The molecule has 5 heteroatoms. The molecule has 0 spiro atoms. The maximum absolute atomic E-state index is 12.1. The second-order valence-corrected chi connectivity index (χ2v) is 5.81. The van der Waals surface area contributed by atoms with Crippen LogP contribution < -0.4 is 11.1 Å². The summed E-state index contributed by atoms with van der Waals surface area (Å²) in [4.78, 5) is 23.9. The number of nitrogens with two attached hydrogens (primary N) is 1. The smallest absolute Gasteiger partial charge is 0.261 e. The highest BCUT2D eigenvalue weighted by molar-refractivity contribution is 7.12. The van der Waals surface area contributed by atoms with Gasteiger partial charge in [0.15, 0.2) is 5.78 Å². The lowest BCUT2D eigenvalue weighted by Gasteiger charge is -2.28. The fourth-order valence-corrected chi connectivity index (χ4v) is 3.22. The van der Waals surface area contributed by atoms with Gasteiger partial charge < -0.3 is 11.1 Å². The van der Waals surface area contributed by atoms with Crippen LogP contribution in [-0.4, -0.2) is 23.8 Å². The van der Waals surface area contributed by atoms with Crippen LogP contribution in [0.1, 0.15) is 52.6 Å². The number of carbonyl (C=O) groups is 2. The molecule has 98 valence electrons. The van der Waals surface area contributed by atoms with Gasteiger partial charge in [0, 0.05) is 17.5 Å². The number of ketones is 1. The van der Waals surface area contributed by atoms with Crippen molar-refractivity contribution >= 4 is 23.0 Å². The van der Waals surface area contributed by atoms with Gasteiger partial charge in [-0.3, -0.25) is 9.59 Å². The van der Waals surface area contributed by atoms with Gasteiger partial charge in [-0.1, -0.05) is 12.8 Å². The number of nitrogens with one attached hydrogen (secondary N) is 1. The summed E-state index contributed by atoms with van der Waals surface area (Å²) in [7, 11) is 0. The van der Waals surface area contributed by atoms with E-state index in [0.29, 0.717) is 17.0 Å². The van der Waals surface area contributed by atoms with Crippen molar-refractivity contribution in [2.24, 2.45) is 5.73 Å². The van der Waals surface area contributed by atoms with Gasteiger partial charge in [0.25, 0.3) is 5.91 Å². The molecule has 4 nitrogen and oxygen atoms in total. The molecule has 1 aliphatic rings. The summed E-state index contributed by atoms with van der Waals surface area (Å²) >= 11 is 1.30. The van der Waals surface area contributed by atoms with E-state index >= 15 is 0 Å². The van der Waals surface area contributed by atoms with E-state index in [1.807, 2.05) is 0 Å². The number of rotatable bonds is 4. The summed E-state index contributed by atoms with van der Waals surface area (Å²) in [6, 6.07) is 1.65. The molecule has 3 N–H and O–H groups in total. The third-order valence-electron chi connectivity index (χ3n) is 3.56. The molecular formula is C13H18N2O2S. The van der Waals surface area contributed by atoms with Crippen LogP contribution in [0.5, 0.6) is 0 Å². The monoisotopic (exact) mass is 266 g/mol. The molecule has 1 fully saturated rings. The Morgan fingerprint density at radius 2 is 2.11 bits per heavy atom. The van der Waals surface area contributed by atoms with E-state index in [4.69, 9.17) is 5.73 Å². The molecule has 0 aliphatic heterocycles. The van der Waals surface area contributed by atoms with E-state index in [-0.39, 0.29) is 17.2 Å². The van der Waals surface area contributed by atoms with Crippen molar-refractivity contribution in [3.63, 3.8) is 0 Å². The Kier molecular flexibility index (Phi) is 3.82. The molecule has 0 saturated heterocycles. The summed E-state index contributed by atoms with van der Waals surface area (Å²) in [5, 5.41) is 4.77. The summed E-state index contributed by atoms with van der Waals surface area (Å²) in [6.45, 7) is 1.98. The number of Topliss-reactive ketones (excluding diaryl/α,β-unsaturated/α-hetero) is 1. The molecule has 0 unspecified atom stereocenters. The van der Waals surface area contributed by atoms with Gasteiger partial charge in [0.2, 0.25) is 0 Å². The molecule has 1 aromatic heterocycles. The first-order valence-electron chi connectivity index (χ1n) is 6.18. The average Bonchev–Trinajstić information content (AvgIpc) is 2.98. The van der Waals surface area contributed by atoms with Crippen LogP contribution in [0.3, 0.4) is 0 Å². The predicted octanol–water partition coefficient (Wildman–Crippen LogP) is 1.95. The second kappa shape index (κ2) is 5.20. The Morgan fingerprint density at radius 1 is 1.44 bits per heavy atom. The fraction of sp³-hybridized carbons (Fsp3) is 0.538. The van der Waals surface area contributed by atoms with E-state index in [9.17, 15) is 9.59 Å². The topological polar surface area (TPSA) is 72.2 Å². The SMILES string of the molecule is CC(=O)c1csc(C(=O)NC2(CN)CCCC2)c1. The summed E-state index contributed by atoms with van der Waals surface area (Å²) in [5.41, 5.74) is 6.14. The Balaban J connectivity index is 2.09. The number of hydrogen-bond acceptors (Lipinski definition) is 4. The van der Waals surface area contributed by atoms with Crippen LogP contribution in [0.15, 0.2) is 11.4 Å². The Labute approximate surface area is 111 Å². The van der Waals surface area contributed by atoms with Crippen LogP contribution in [0.4, 0.5) is 0 Å². The molecule has 2 rings (SSSR count). The van der Waals surface area contributed by atoms with Crippen LogP contribution in [0.2, 0.25) is 0 Å². The first-order valence-corrected chi connectivity index (χ1v) is 7.06. The predicted molar refractivity (Wildman–Crippen MR) is 72.0 cm³/mol. The lowest BCUT2D eigenvalue weighted by Crippen LogP contribution is -2.51. The number of thiophene rings is 1. The first kappa shape index (κ1) is 13.2. The number of amides is 1. The Morgan fingerprint density at radius 3 is 2.61 bits per heavy atom. The van der Waals surface area contributed by atoms with Gasteiger partial charge in [-0.25, -0.2) is 0 Å². The highest BCUT2D eigenvalue weighted by atomic mass is 32.1. The van der Waals surface area contributed by atoms with Gasteiger partial charge in [-0.05, 0) is 25.8 Å². The molecule has 0 atom stereocenters. The van der Waals surface area contributed by atoms with Crippen molar-refractivity contribution in [2.75, 3.05) is 6.54 Å². The summed E-state index contributed by atoms with van der Waals surface area (Å²) < 4.78 is 0. The van der Waals surface area contributed by atoms with E-state index in [0.717, 1.165) is 25.7 Å². The van der Waals surface area contributed by atoms with Crippen LogP contribution >= 0.6 is 11.3 Å². The zero-order chi connectivity index (χ0) is 13.2. The number of hydrogen-bond donors (Lipinski definition) is 2. The molecule has 18 heavy (non-hydrogen) atoms. The lowest BCUT2D eigenvalue weighted by atomic mass is 9.98. The summed E-state index contributed by atoms with van der Waals surface area (Å²) in [6.07, 6.45) is 4.11. The highest BCUT2D eigenvalue weighted by Gasteiger charge is 2.34. The quantitative estimate of drug-likeness (QED) is 0.818. The standard InChI is InChI=1S/C13H18N2O2S/c1-9(16)10-6-11(18-7-10)12(17)15-13(8-14)4-2-3-5-13/h6-7H,2-5,8,14H2,1H3,(H,15,17). The fourth-order valence-electron chi connectivity index (χ4n) is 2.37. The minimum absolute atomic E-state index is 0.0142. The third-order valence-corrected chi connectivity index (χ3v) is 4.49. The van der Waals surface area contributed by atoms with Crippen molar-refractivity contribution in [3.8, 4) is 0 Å². The number of carbonyl (C=O) groups excluding carboxylic acids is 2. The zero-order valence-corrected chi connectivity index (χ0v) is 11.3. The minimum atomic E-state index is -0.239. The van der Waals surface area contributed by atoms with Gasteiger partial charge >= 0.3 is 0 Å². The van der Waals surface area contributed by atoms with Crippen LogP contribution in [0, 0.1) is 0 Å². The second-order valence-electron chi connectivity index (χ2n) is 4.90. The maximum atomic E-state index is 12.1. The van der Waals surface area contributed by atoms with Crippen LogP contribution in [0.25, 0.3) is 0 Å². The highest BCUT2D eigenvalue weighted by Crippen LogP contribution is 2.29. The summed E-state index contributed by atoms with van der Waals surface area (Å²) in [5.74, 6) is -0.125. The van der Waals surface area contributed by atoms with Gasteiger partial charge in [-0.15, -0.1) is 11.3 Å². The van der Waals surface area contributed by atoms with E-state index in [1.165, 1.54) is 18.3 Å². The van der Waals surface area contributed by atoms with Crippen molar-refractivity contribution in [1.29, 1.82) is 0 Å². The van der Waals surface area contributed by atoms with Gasteiger partial charge in [0.1, 0.15) is 0 Å². The average molecular weight is 266 g/mol. The molecule has 0 aromatic carbocycles. The van der Waals surface area contributed by atoms with E-state index in [2.05, 4.69) is 5.32 Å². The maximum Gasteiger partial charge on any atom is 0.261 e. The largest absolute Gasteiger partial charge is 0.345 e. The van der Waals surface area contributed by atoms with Gasteiger partial charge in [-0.2, -0.15) is 0 Å². The zero-order valence-electron chi connectivity index (χ0n) is 10.5. The molecule has 0 bridgehead atoms. The molecule has 0 radical (unpaired) electrons. The molecule has 1 amide bonds. The molecule has 1 aromatic rings. The Hall–Kier alpha value is -1.20. The van der Waals surface area contributed by atoms with Crippen molar-refractivity contribution in [2.45, 2.75) is 38.1 Å². The third kappa shape index (κ3) is 2.62. The minimum Gasteiger partial charge on any atom is -0.345 e. The van der Waals surface area contributed by atoms with Crippen LogP contribution in [-0.2, 0) is 0 Å².